The molecule has 0 N–H and O–H groups in total. The molecule has 1 heterocycles. The van der Waals surface area contributed by atoms with Gasteiger partial charge in [-0.05, 0) is 28.9 Å². The molecule has 26 heavy (non-hydrogen) atoms. The van der Waals surface area contributed by atoms with E-state index >= 15 is 0 Å². The number of benzene rings is 2. The minimum absolute atomic E-state index is 0.159. The fourth-order valence-corrected chi connectivity index (χ4v) is 3.97. The third kappa shape index (κ3) is 2.28. The number of hydrogen-bond donors (Lipinski definition) is 0. The van der Waals surface area contributed by atoms with Gasteiger partial charge >= 0.3 is 0 Å². The highest BCUT2D eigenvalue weighted by Gasteiger charge is 2.33. The second-order valence-corrected chi connectivity index (χ2v) is 6.96. The third-order valence-corrected chi connectivity index (χ3v) is 5.36. The van der Waals surface area contributed by atoms with Crippen molar-refractivity contribution < 1.29 is 9.59 Å². The predicted molar refractivity (Wildman–Crippen MR) is 99.7 cm³/mol. The zero-order valence-corrected chi connectivity index (χ0v) is 14.2. The van der Waals surface area contributed by atoms with Gasteiger partial charge in [0.15, 0.2) is 11.6 Å². The standard InChI is InChI=1S/C23H17NO2/c25-22-19-7-3-4-8-20(19)23(26)21(22)12-15-9-10-18(11-15)24-13-16-5-1-2-6-17(16)14-24/h1-10,12H,11,13-14H2. The summed E-state index contributed by atoms with van der Waals surface area (Å²) in [6, 6.07) is 15.6. The molecular weight excluding hydrogens is 322 g/mol. The number of fused-ring (bicyclic) bond motifs is 2. The molecule has 0 amide bonds. The molecule has 0 saturated carbocycles. The fourth-order valence-electron chi connectivity index (χ4n) is 3.97. The van der Waals surface area contributed by atoms with Crippen molar-refractivity contribution in [3.63, 3.8) is 0 Å². The average molecular weight is 339 g/mol. The van der Waals surface area contributed by atoms with E-state index in [0.717, 1.165) is 25.1 Å². The Balaban J connectivity index is 1.34. The van der Waals surface area contributed by atoms with Crippen LogP contribution in [0.3, 0.4) is 0 Å². The Morgan fingerprint density at radius 3 is 1.96 bits per heavy atom. The molecule has 0 radical (unpaired) electrons. The van der Waals surface area contributed by atoms with E-state index < -0.39 is 0 Å². The Kier molecular flexibility index (Phi) is 3.29. The largest absolute Gasteiger partial charge is 0.366 e. The summed E-state index contributed by atoms with van der Waals surface area (Å²) in [6.45, 7) is 1.84. The maximum atomic E-state index is 12.5. The first-order chi connectivity index (χ1) is 12.7. The average Bonchev–Trinajstić information content (AvgIpc) is 3.36. The smallest absolute Gasteiger partial charge is 0.197 e. The molecule has 2 aliphatic carbocycles. The Morgan fingerprint density at radius 1 is 0.769 bits per heavy atom. The van der Waals surface area contributed by atoms with Crippen LogP contribution in [-0.4, -0.2) is 16.5 Å². The Bertz CT molecular complexity index is 993. The first-order valence-electron chi connectivity index (χ1n) is 8.82. The first kappa shape index (κ1) is 15.1. The number of ketones is 2. The summed E-state index contributed by atoms with van der Waals surface area (Å²) in [6.07, 6.45) is 6.66. The van der Waals surface area contributed by atoms with Crippen LogP contribution in [0.25, 0.3) is 0 Å². The number of carbonyl (C=O) groups excluding carboxylic acids is 2. The topological polar surface area (TPSA) is 37.4 Å². The van der Waals surface area contributed by atoms with Gasteiger partial charge in [0.25, 0.3) is 0 Å². The zero-order valence-electron chi connectivity index (χ0n) is 14.2. The number of nitrogens with zero attached hydrogens (tertiary/aromatic N) is 1. The second kappa shape index (κ2) is 5.67. The van der Waals surface area contributed by atoms with Gasteiger partial charge in [-0.2, -0.15) is 0 Å². The van der Waals surface area contributed by atoms with E-state index in [9.17, 15) is 9.59 Å². The highest BCUT2D eigenvalue weighted by molar-refractivity contribution is 6.39. The molecule has 3 nitrogen and oxygen atoms in total. The summed E-state index contributed by atoms with van der Waals surface area (Å²) >= 11 is 0. The molecule has 2 aromatic carbocycles. The Labute approximate surface area is 151 Å². The highest BCUT2D eigenvalue weighted by Crippen LogP contribution is 2.33. The van der Waals surface area contributed by atoms with E-state index in [1.54, 1.807) is 30.3 Å². The number of rotatable bonds is 2. The summed E-state index contributed by atoms with van der Waals surface area (Å²) in [5, 5.41) is 0. The van der Waals surface area contributed by atoms with Gasteiger partial charge in [-0.1, -0.05) is 54.6 Å². The van der Waals surface area contributed by atoms with Crippen molar-refractivity contribution in [3.8, 4) is 0 Å². The maximum Gasteiger partial charge on any atom is 0.197 e. The van der Waals surface area contributed by atoms with E-state index in [1.165, 1.54) is 16.8 Å². The van der Waals surface area contributed by atoms with Crippen LogP contribution in [0.15, 0.2) is 83.6 Å². The van der Waals surface area contributed by atoms with Crippen molar-refractivity contribution in [2.75, 3.05) is 0 Å². The monoisotopic (exact) mass is 339 g/mol. The quantitative estimate of drug-likeness (QED) is 0.607. The van der Waals surface area contributed by atoms with Crippen molar-refractivity contribution in [3.05, 3.63) is 106 Å². The maximum absolute atomic E-state index is 12.5. The lowest BCUT2D eigenvalue weighted by Gasteiger charge is -2.19. The van der Waals surface area contributed by atoms with E-state index in [-0.39, 0.29) is 17.1 Å². The summed E-state index contributed by atoms with van der Waals surface area (Å²) in [5.41, 5.74) is 6.32. The Hall–Kier alpha value is -3.20. The highest BCUT2D eigenvalue weighted by atomic mass is 16.2. The van der Waals surface area contributed by atoms with E-state index in [0.29, 0.717) is 11.1 Å². The molecule has 0 bridgehead atoms. The van der Waals surface area contributed by atoms with Crippen LogP contribution in [0.2, 0.25) is 0 Å². The lowest BCUT2D eigenvalue weighted by molar-refractivity contribution is 0.0988. The number of allylic oxidation sites excluding steroid dienone is 5. The first-order valence-corrected chi connectivity index (χ1v) is 8.82. The molecule has 0 fully saturated rings. The van der Waals surface area contributed by atoms with Gasteiger partial charge < -0.3 is 4.90 Å². The van der Waals surface area contributed by atoms with E-state index in [2.05, 4.69) is 35.2 Å². The van der Waals surface area contributed by atoms with E-state index in [4.69, 9.17) is 0 Å². The molecule has 2 aromatic rings. The molecule has 3 aliphatic rings. The minimum atomic E-state index is -0.159. The summed E-state index contributed by atoms with van der Waals surface area (Å²) in [7, 11) is 0. The third-order valence-electron chi connectivity index (χ3n) is 5.36. The molecule has 0 saturated heterocycles. The van der Waals surface area contributed by atoms with Gasteiger partial charge in [0.2, 0.25) is 0 Å². The number of Topliss-reactive ketones (excluding diaryl/α,β-unsaturated/α-hetero) is 2. The molecule has 0 atom stereocenters. The van der Waals surface area contributed by atoms with Gasteiger partial charge in [0, 0.05) is 36.3 Å². The SMILES string of the molecule is O=C1C(=CC2=CC=C(N3Cc4ccccc4C3)C2)C(=O)c2ccccc21. The van der Waals surface area contributed by atoms with Crippen molar-refractivity contribution in [1.82, 2.24) is 4.90 Å². The van der Waals surface area contributed by atoms with Crippen molar-refractivity contribution >= 4 is 11.6 Å². The molecule has 0 aromatic heterocycles. The van der Waals surface area contributed by atoms with Gasteiger partial charge in [-0.25, -0.2) is 0 Å². The predicted octanol–water partition coefficient (Wildman–Crippen LogP) is 4.22. The summed E-state index contributed by atoms with van der Waals surface area (Å²) in [4.78, 5) is 27.4. The lowest BCUT2D eigenvalue weighted by atomic mass is 10.1. The van der Waals surface area contributed by atoms with Crippen LogP contribution >= 0.6 is 0 Å². The molecule has 5 rings (SSSR count). The van der Waals surface area contributed by atoms with Crippen LogP contribution in [0.1, 0.15) is 38.3 Å². The molecule has 1 aliphatic heterocycles. The van der Waals surface area contributed by atoms with Crippen molar-refractivity contribution in [1.29, 1.82) is 0 Å². The van der Waals surface area contributed by atoms with Gasteiger partial charge in [-0.15, -0.1) is 0 Å². The van der Waals surface area contributed by atoms with Crippen LogP contribution in [-0.2, 0) is 13.1 Å². The van der Waals surface area contributed by atoms with Crippen LogP contribution < -0.4 is 0 Å². The lowest BCUT2D eigenvalue weighted by Crippen LogP contribution is -2.14. The summed E-state index contributed by atoms with van der Waals surface area (Å²) < 4.78 is 0. The molecule has 0 unspecified atom stereocenters. The summed E-state index contributed by atoms with van der Waals surface area (Å²) in [5.74, 6) is -0.318. The van der Waals surface area contributed by atoms with Gasteiger partial charge in [-0.3, -0.25) is 9.59 Å². The van der Waals surface area contributed by atoms with Crippen molar-refractivity contribution in [2.45, 2.75) is 19.5 Å². The second-order valence-electron chi connectivity index (χ2n) is 6.96. The van der Waals surface area contributed by atoms with Crippen molar-refractivity contribution in [2.24, 2.45) is 0 Å². The number of hydrogen-bond acceptors (Lipinski definition) is 3. The van der Waals surface area contributed by atoms with Crippen LogP contribution in [0.5, 0.6) is 0 Å². The minimum Gasteiger partial charge on any atom is -0.366 e. The van der Waals surface area contributed by atoms with Gasteiger partial charge in [0.05, 0.1) is 5.57 Å². The Morgan fingerprint density at radius 2 is 1.35 bits per heavy atom. The molecule has 0 spiro atoms. The molecule has 126 valence electrons. The fraction of sp³-hybridized carbons (Fsp3) is 0.130. The van der Waals surface area contributed by atoms with Crippen LogP contribution in [0.4, 0.5) is 0 Å². The molecular formula is C23H17NO2. The number of carbonyl (C=O) groups is 2. The van der Waals surface area contributed by atoms with E-state index in [1.807, 2.05) is 6.08 Å². The van der Waals surface area contributed by atoms with Gasteiger partial charge in [0.1, 0.15) is 0 Å². The zero-order chi connectivity index (χ0) is 17.7. The van der Waals surface area contributed by atoms with Crippen LogP contribution in [0, 0.1) is 0 Å². The normalized spacial score (nSPS) is 18.0. The molecule has 3 heteroatoms.